The van der Waals surface area contributed by atoms with Gasteiger partial charge < -0.3 is 10.2 Å². The van der Waals surface area contributed by atoms with Crippen LogP contribution < -0.4 is 10.2 Å². The fourth-order valence-corrected chi connectivity index (χ4v) is 2.57. The van der Waals surface area contributed by atoms with Gasteiger partial charge in [0.1, 0.15) is 0 Å². The lowest BCUT2D eigenvalue weighted by Gasteiger charge is -2.29. The van der Waals surface area contributed by atoms with Crippen LogP contribution in [-0.2, 0) is 0 Å². The summed E-state index contributed by atoms with van der Waals surface area (Å²) in [5.41, 5.74) is 3.75. The summed E-state index contributed by atoms with van der Waals surface area (Å²) in [4.78, 5) is 2.43. The molecule has 0 atom stereocenters. The van der Waals surface area contributed by atoms with E-state index in [1.54, 1.807) is 0 Å². The predicted molar refractivity (Wildman–Crippen MR) is 82.0 cm³/mol. The molecule has 0 amide bonds. The normalized spacial score (nSPS) is 15.5. The van der Waals surface area contributed by atoms with Crippen LogP contribution in [0.25, 0.3) is 11.1 Å². The standard InChI is InChI=1S/C16H17ClN2/c17-15-6-4-13(5-7-15)14-2-1-3-16(12-14)19-10-8-18-9-11-19/h1-7,12,18H,8-11H2. The van der Waals surface area contributed by atoms with Gasteiger partial charge in [0.15, 0.2) is 0 Å². The van der Waals surface area contributed by atoms with Crippen molar-refractivity contribution in [3.63, 3.8) is 0 Å². The number of hydrogen-bond donors (Lipinski definition) is 1. The van der Waals surface area contributed by atoms with Gasteiger partial charge in [-0.1, -0.05) is 35.9 Å². The van der Waals surface area contributed by atoms with Crippen molar-refractivity contribution in [2.75, 3.05) is 31.1 Å². The first-order chi connectivity index (χ1) is 9.33. The van der Waals surface area contributed by atoms with Gasteiger partial charge >= 0.3 is 0 Å². The molecule has 1 aliphatic rings. The molecule has 2 aromatic rings. The van der Waals surface area contributed by atoms with E-state index in [-0.39, 0.29) is 0 Å². The maximum Gasteiger partial charge on any atom is 0.0406 e. The van der Waals surface area contributed by atoms with Crippen LogP contribution in [0, 0.1) is 0 Å². The molecule has 3 heteroatoms. The molecule has 1 aliphatic heterocycles. The molecule has 2 aromatic carbocycles. The monoisotopic (exact) mass is 272 g/mol. The highest BCUT2D eigenvalue weighted by Gasteiger charge is 2.10. The highest BCUT2D eigenvalue weighted by atomic mass is 35.5. The molecular formula is C16H17ClN2. The summed E-state index contributed by atoms with van der Waals surface area (Å²) in [5, 5.41) is 4.16. The third kappa shape index (κ3) is 2.91. The van der Waals surface area contributed by atoms with Gasteiger partial charge in [-0.15, -0.1) is 0 Å². The zero-order chi connectivity index (χ0) is 13.1. The molecule has 0 aliphatic carbocycles. The van der Waals surface area contributed by atoms with E-state index in [2.05, 4.69) is 46.6 Å². The first-order valence-corrected chi connectivity index (χ1v) is 7.02. The van der Waals surface area contributed by atoms with Crippen LogP contribution >= 0.6 is 11.6 Å². The Morgan fingerprint density at radius 3 is 2.37 bits per heavy atom. The SMILES string of the molecule is Clc1ccc(-c2cccc(N3CCNCC3)c2)cc1. The average molecular weight is 273 g/mol. The zero-order valence-electron chi connectivity index (χ0n) is 10.8. The molecule has 98 valence electrons. The predicted octanol–water partition coefficient (Wildman–Crippen LogP) is 3.42. The Hall–Kier alpha value is -1.51. The van der Waals surface area contributed by atoms with Crippen LogP contribution in [0.1, 0.15) is 0 Å². The minimum atomic E-state index is 0.780. The van der Waals surface area contributed by atoms with Crippen molar-refractivity contribution in [1.82, 2.24) is 5.32 Å². The fourth-order valence-electron chi connectivity index (χ4n) is 2.45. The van der Waals surface area contributed by atoms with Crippen molar-refractivity contribution >= 4 is 17.3 Å². The molecule has 1 fully saturated rings. The highest BCUT2D eigenvalue weighted by molar-refractivity contribution is 6.30. The molecule has 0 unspecified atom stereocenters. The largest absolute Gasteiger partial charge is 0.369 e. The van der Waals surface area contributed by atoms with Gasteiger partial charge in [0.2, 0.25) is 0 Å². The van der Waals surface area contributed by atoms with Crippen molar-refractivity contribution in [3.8, 4) is 11.1 Å². The van der Waals surface area contributed by atoms with Crippen LogP contribution in [0.5, 0.6) is 0 Å². The second-order valence-electron chi connectivity index (χ2n) is 4.79. The number of piperazine rings is 1. The second-order valence-corrected chi connectivity index (χ2v) is 5.23. The van der Waals surface area contributed by atoms with Gasteiger partial charge in [-0.05, 0) is 35.4 Å². The Morgan fingerprint density at radius 2 is 1.63 bits per heavy atom. The average Bonchev–Trinajstić information content (AvgIpc) is 2.49. The van der Waals surface area contributed by atoms with Gasteiger partial charge in [-0.2, -0.15) is 0 Å². The quantitative estimate of drug-likeness (QED) is 0.901. The number of hydrogen-bond acceptors (Lipinski definition) is 2. The minimum absolute atomic E-state index is 0.780. The topological polar surface area (TPSA) is 15.3 Å². The molecule has 2 nitrogen and oxygen atoms in total. The lowest BCUT2D eigenvalue weighted by molar-refractivity contribution is 0.589. The van der Waals surface area contributed by atoms with Gasteiger partial charge in [0, 0.05) is 36.9 Å². The molecule has 19 heavy (non-hydrogen) atoms. The molecule has 0 saturated carbocycles. The van der Waals surface area contributed by atoms with Crippen molar-refractivity contribution in [2.24, 2.45) is 0 Å². The summed E-state index contributed by atoms with van der Waals surface area (Å²) < 4.78 is 0. The van der Waals surface area contributed by atoms with Crippen LogP contribution in [0.4, 0.5) is 5.69 Å². The van der Waals surface area contributed by atoms with E-state index < -0.39 is 0 Å². The van der Waals surface area contributed by atoms with E-state index in [0.29, 0.717) is 0 Å². The molecule has 1 saturated heterocycles. The Bertz CT molecular complexity index is 545. The summed E-state index contributed by atoms with van der Waals surface area (Å²) in [7, 11) is 0. The summed E-state index contributed by atoms with van der Waals surface area (Å²) in [6.07, 6.45) is 0. The van der Waals surface area contributed by atoms with E-state index in [4.69, 9.17) is 11.6 Å². The van der Waals surface area contributed by atoms with Crippen molar-refractivity contribution in [1.29, 1.82) is 0 Å². The van der Waals surface area contributed by atoms with Crippen molar-refractivity contribution in [3.05, 3.63) is 53.6 Å². The minimum Gasteiger partial charge on any atom is -0.369 e. The third-order valence-electron chi connectivity index (χ3n) is 3.51. The number of nitrogens with zero attached hydrogens (tertiary/aromatic N) is 1. The molecule has 1 N–H and O–H groups in total. The zero-order valence-corrected chi connectivity index (χ0v) is 11.5. The van der Waals surface area contributed by atoms with Gasteiger partial charge in [-0.3, -0.25) is 0 Å². The van der Waals surface area contributed by atoms with Crippen LogP contribution in [-0.4, -0.2) is 26.2 Å². The number of benzene rings is 2. The third-order valence-corrected chi connectivity index (χ3v) is 3.76. The molecule has 0 radical (unpaired) electrons. The second kappa shape index (κ2) is 5.64. The Balaban J connectivity index is 1.88. The Morgan fingerprint density at radius 1 is 0.895 bits per heavy atom. The van der Waals surface area contributed by atoms with Gasteiger partial charge in [0.05, 0.1) is 0 Å². The first kappa shape index (κ1) is 12.5. The maximum atomic E-state index is 5.94. The summed E-state index contributed by atoms with van der Waals surface area (Å²) >= 11 is 5.94. The van der Waals surface area contributed by atoms with E-state index in [1.165, 1.54) is 16.8 Å². The van der Waals surface area contributed by atoms with Gasteiger partial charge in [0.25, 0.3) is 0 Å². The molecule has 0 spiro atoms. The van der Waals surface area contributed by atoms with E-state index in [0.717, 1.165) is 31.2 Å². The molecular weight excluding hydrogens is 256 g/mol. The lowest BCUT2D eigenvalue weighted by Crippen LogP contribution is -2.43. The number of nitrogens with one attached hydrogen (secondary N) is 1. The number of rotatable bonds is 2. The van der Waals surface area contributed by atoms with Crippen LogP contribution in [0.15, 0.2) is 48.5 Å². The smallest absolute Gasteiger partial charge is 0.0406 e. The number of halogens is 1. The number of anilines is 1. The first-order valence-electron chi connectivity index (χ1n) is 6.64. The lowest BCUT2D eigenvalue weighted by atomic mass is 10.0. The Labute approximate surface area is 119 Å². The summed E-state index contributed by atoms with van der Waals surface area (Å²) in [6.45, 7) is 4.27. The fraction of sp³-hybridized carbons (Fsp3) is 0.250. The highest BCUT2D eigenvalue weighted by Crippen LogP contribution is 2.26. The summed E-state index contributed by atoms with van der Waals surface area (Å²) in [6, 6.07) is 16.7. The molecule has 0 bridgehead atoms. The van der Waals surface area contributed by atoms with Crippen molar-refractivity contribution < 1.29 is 0 Å². The van der Waals surface area contributed by atoms with Crippen molar-refractivity contribution in [2.45, 2.75) is 0 Å². The van der Waals surface area contributed by atoms with E-state index in [1.807, 2.05) is 12.1 Å². The van der Waals surface area contributed by atoms with Crippen LogP contribution in [0.3, 0.4) is 0 Å². The van der Waals surface area contributed by atoms with Gasteiger partial charge in [-0.25, -0.2) is 0 Å². The maximum absolute atomic E-state index is 5.94. The molecule has 3 rings (SSSR count). The van der Waals surface area contributed by atoms with Crippen LogP contribution in [0.2, 0.25) is 5.02 Å². The molecule has 0 aromatic heterocycles. The summed E-state index contributed by atoms with van der Waals surface area (Å²) in [5.74, 6) is 0. The van der Waals surface area contributed by atoms with E-state index in [9.17, 15) is 0 Å². The van der Waals surface area contributed by atoms with E-state index >= 15 is 0 Å². The molecule has 1 heterocycles. The Kier molecular flexibility index (Phi) is 3.72.